The van der Waals surface area contributed by atoms with E-state index in [2.05, 4.69) is 6.92 Å². The van der Waals surface area contributed by atoms with E-state index in [1.165, 1.54) is 0 Å². The summed E-state index contributed by atoms with van der Waals surface area (Å²) in [5.74, 6) is -0.248. The Kier molecular flexibility index (Phi) is 8.57. The lowest BCUT2D eigenvalue weighted by molar-refractivity contribution is -0.144. The Morgan fingerprint density at radius 2 is 2.00 bits per heavy atom. The monoisotopic (exact) mass is 204 g/mol. The van der Waals surface area contributed by atoms with Crippen molar-refractivity contribution in [1.29, 1.82) is 0 Å². The van der Waals surface area contributed by atoms with E-state index >= 15 is 0 Å². The van der Waals surface area contributed by atoms with Crippen LogP contribution in [0.25, 0.3) is 0 Å². The summed E-state index contributed by atoms with van der Waals surface area (Å²) >= 11 is 0. The third-order valence-electron chi connectivity index (χ3n) is 1.85. The number of carbonyl (C=O) groups excluding carboxylic acids is 1. The van der Waals surface area contributed by atoms with Gasteiger partial charge in [0.25, 0.3) is 0 Å². The zero-order chi connectivity index (χ0) is 10.8. The first-order chi connectivity index (χ1) is 6.66. The quantitative estimate of drug-likeness (QED) is 0.354. The van der Waals surface area contributed by atoms with E-state index in [-0.39, 0.29) is 18.8 Å². The van der Waals surface area contributed by atoms with Crippen LogP contribution in [0.3, 0.4) is 0 Å². The highest BCUT2D eigenvalue weighted by atomic mass is 16.5. The number of esters is 1. The summed E-state index contributed by atoms with van der Waals surface area (Å²) in [6, 6.07) is 0. The Labute approximate surface area is 84.9 Å². The second kappa shape index (κ2) is 8.97. The van der Waals surface area contributed by atoms with E-state index < -0.39 is 6.29 Å². The Morgan fingerprint density at radius 3 is 2.57 bits per heavy atom. The lowest BCUT2D eigenvalue weighted by Gasteiger charge is -2.04. The third-order valence-corrected chi connectivity index (χ3v) is 1.85. The first-order valence-electron chi connectivity index (χ1n) is 5.18. The standard InChI is InChI=1S/C10H20O4/c1-2-3-4-8-14-10(13)7-5-6-9(11)12/h9,11-12H,2-8H2,1H3. The molecule has 0 aliphatic heterocycles. The fraction of sp³-hybridized carbons (Fsp3) is 0.900. The zero-order valence-electron chi connectivity index (χ0n) is 8.74. The molecule has 0 aromatic rings. The summed E-state index contributed by atoms with van der Waals surface area (Å²) in [5, 5.41) is 17.0. The van der Waals surface area contributed by atoms with Crippen LogP contribution >= 0.6 is 0 Å². The van der Waals surface area contributed by atoms with E-state index in [0.717, 1.165) is 19.3 Å². The van der Waals surface area contributed by atoms with Crippen molar-refractivity contribution in [1.82, 2.24) is 0 Å². The average molecular weight is 204 g/mol. The van der Waals surface area contributed by atoms with Gasteiger partial charge in [-0.3, -0.25) is 4.79 Å². The molecule has 0 fully saturated rings. The van der Waals surface area contributed by atoms with Gasteiger partial charge in [-0.25, -0.2) is 0 Å². The van der Waals surface area contributed by atoms with Crippen molar-refractivity contribution in [2.24, 2.45) is 0 Å². The second-order valence-corrected chi connectivity index (χ2v) is 3.30. The molecule has 0 aromatic heterocycles. The van der Waals surface area contributed by atoms with Gasteiger partial charge in [0.15, 0.2) is 6.29 Å². The first kappa shape index (κ1) is 13.4. The maximum Gasteiger partial charge on any atom is 0.305 e. The molecular formula is C10H20O4. The van der Waals surface area contributed by atoms with Gasteiger partial charge in [-0.1, -0.05) is 19.8 Å². The van der Waals surface area contributed by atoms with Gasteiger partial charge < -0.3 is 14.9 Å². The third kappa shape index (κ3) is 9.48. The normalized spacial score (nSPS) is 10.6. The van der Waals surface area contributed by atoms with Crippen LogP contribution in [0.2, 0.25) is 0 Å². The predicted molar refractivity (Wildman–Crippen MR) is 52.6 cm³/mol. The van der Waals surface area contributed by atoms with E-state index in [1.54, 1.807) is 0 Å². The zero-order valence-corrected chi connectivity index (χ0v) is 8.74. The first-order valence-corrected chi connectivity index (χ1v) is 5.18. The van der Waals surface area contributed by atoms with Crippen molar-refractivity contribution in [3.63, 3.8) is 0 Å². The van der Waals surface area contributed by atoms with Crippen molar-refractivity contribution in [3.8, 4) is 0 Å². The number of unbranched alkanes of at least 4 members (excludes halogenated alkanes) is 2. The average Bonchev–Trinajstić information content (AvgIpc) is 2.12. The smallest absolute Gasteiger partial charge is 0.305 e. The van der Waals surface area contributed by atoms with Gasteiger partial charge in [-0.2, -0.15) is 0 Å². The molecule has 0 spiro atoms. The number of aliphatic hydroxyl groups is 2. The molecule has 2 N–H and O–H groups in total. The van der Waals surface area contributed by atoms with Crippen molar-refractivity contribution >= 4 is 5.97 Å². The number of aliphatic hydroxyl groups excluding tert-OH is 1. The number of hydrogen-bond donors (Lipinski definition) is 2. The summed E-state index contributed by atoms with van der Waals surface area (Å²) in [6.45, 7) is 2.57. The van der Waals surface area contributed by atoms with Crippen LogP contribution in [0.1, 0.15) is 45.4 Å². The van der Waals surface area contributed by atoms with Crippen LogP contribution in [0.4, 0.5) is 0 Å². The van der Waals surface area contributed by atoms with Gasteiger partial charge in [-0.05, 0) is 19.3 Å². The summed E-state index contributed by atoms with van der Waals surface area (Å²) in [6.07, 6.45) is 2.72. The molecule has 0 aliphatic rings. The molecular weight excluding hydrogens is 184 g/mol. The number of carbonyl (C=O) groups is 1. The van der Waals surface area contributed by atoms with Crippen molar-refractivity contribution in [2.45, 2.75) is 51.7 Å². The van der Waals surface area contributed by atoms with Gasteiger partial charge in [0.2, 0.25) is 0 Å². The van der Waals surface area contributed by atoms with Gasteiger partial charge in [0.05, 0.1) is 6.61 Å². The highest BCUT2D eigenvalue weighted by molar-refractivity contribution is 5.69. The van der Waals surface area contributed by atoms with E-state index in [1.807, 2.05) is 0 Å². The second-order valence-electron chi connectivity index (χ2n) is 3.30. The van der Waals surface area contributed by atoms with Crippen molar-refractivity contribution < 1.29 is 19.7 Å². The van der Waals surface area contributed by atoms with Gasteiger partial charge >= 0.3 is 5.97 Å². The molecule has 0 heterocycles. The molecule has 0 aromatic carbocycles. The van der Waals surface area contributed by atoms with E-state index in [0.29, 0.717) is 13.0 Å². The van der Waals surface area contributed by atoms with E-state index in [9.17, 15) is 4.79 Å². The van der Waals surface area contributed by atoms with Crippen LogP contribution in [-0.4, -0.2) is 29.1 Å². The van der Waals surface area contributed by atoms with Gasteiger partial charge in [0.1, 0.15) is 0 Å². The van der Waals surface area contributed by atoms with Crippen LogP contribution in [0, 0.1) is 0 Å². The Morgan fingerprint density at radius 1 is 1.29 bits per heavy atom. The Balaban J connectivity index is 3.20. The number of rotatable bonds is 8. The van der Waals surface area contributed by atoms with Gasteiger partial charge in [0, 0.05) is 6.42 Å². The van der Waals surface area contributed by atoms with Crippen LogP contribution in [0.5, 0.6) is 0 Å². The molecule has 0 amide bonds. The maximum atomic E-state index is 11.0. The molecule has 0 atom stereocenters. The van der Waals surface area contributed by atoms with Crippen molar-refractivity contribution in [2.75, 3.05) is 6.61 Å². The SMILES string of the molecule is CCCCCOC(=O)CCCC(O)O. The minimum atomic E-state index is -1.32. The molecule has 0 saturated carbocycles. The minimum Gasteiger partial charge on any atom is -0.466 e. The summed E-state index contributed by atoms with van der Waals surface area (Å²) in [7, 11) is 0. The van der Waals surface area contributed by atoms with Gasteiger partial charge in [-0.15, -0.1) is 0 Å². The van der Waals surface area contributed by atoms with E-state index in [4.69, 9.17) is 14.9 Å². The lowest BCUT2D eigenvalue weighted by atomic mass is 10.2. The summed E-state index contributed by atoms with van der Waals surface area (Å²) < 4.78 is 4.92. The van der Waals surface area contributed by atoms with Crippen LogP contribution < -0.4 is 0 Å². The fourth-order valence-corrected chi connectivity index (χ4v) is 1.04. The molecule has 0 bridgehead atoms. The Bertz CT molecular complexity index is 145. The Hall–Kier alpha value is -0.610. The largest absolute Gasteiger partial charge is 0.466 e. The van der Waals surface area contributed by atoms with Crippen LogP contribution in [-0.2, 0) is 9.53 Å². The molecule has 0 radical (unpaired) electrons. The fourth-order valence-electron chi connectivity index (χ4n) is 1.04. The summed E-state index contributed by atoms with van der Waals surface area (Å²) in [4.78, 5) is 11.0. The predicted octanol–water partition coefficient (Wildman–Crippen LogP) is 1.20. The number of ether oxygens (including phenoxy) is 1. The lowest BCUT2D eigenvalue weighted by Crippen LogP contribution is -2.08. The molecule has 0 unspecified atom stereocenters. The topological polar surface area (TPSA) is 66.8 Å². The molecule has 4 nitrogen and oxygen atoms in total. The molecule has 4 heteroatoms. The molecule has 0 rings (SSSR count). The highest BCUT2D eigenvalue weighted by Crippen LogP contribution is 2.01. The number of hydrogen-bond acceptors (Lipinski definition) is 4. The molecule has 14 heavy (non-hydrogen) atoms. The van der Waals surface area contributed by atoms with Crippen molar-refractivity contribution in [3.05, 3.63) is 0 Å². The maximum absolute atomic E-state index is 11.0. The van der Waals surface area contributed by atoms with Crippen LogP contribution in [0.15, 0.2) is 0 Å². The summed E-state index contributed by atoms with van der Waals surface area (Å²) in [5.41, 5.74) is 0. The minimum absolute atomic E-state index is 0.226. The highest BCUT2D eigenvalue weighted by Gasteiger charge is 2.04. The molecule has 84 valence electrons. The molecule has 0 aliphatic carbocycles. The molecule has 0 saturated heterocycles.